The van der Waals surface area contributed by atoms with Crippen LogP contribution in [0.15, 0.2) is 0 Å². The van der Waals surface area contributed by atoms with Crippen molar-refractivity contribution in [1.82, 2.24) is 15.1 Å². The molecule has 6 heteroatoms. The van der Waals surface area contributed by atoms with Crippen molar-refractivity contribution in [2.45, 2.75) is 38.8 Å². The minimum atomic E-state index is -0.342. The molecule has 1 unspecified atom stereocenters. The molecule has 0 aromatic heterocycles. The standard InChI is InChI=1S/C14H25N3O3/c1-3-17(11-5-6-11)13(18)10-16-8-7-15-9-12(16)14(19)20-4-2/h11-12,15H,3-10H2,1-2H3. The smallest absolute Gasteiger partial charge is 0.324 e. The average Bonchev–Trinajstić information content (AvgIpc) is 3.25. The quantitative estimate of drug-likeness (QED) is 0.686. The summed E-state index contributed by atoms with van der Waals surface area (Å²) in [6, 6.07) is 0.0852. The predicted molar refractivity (Wildman–Crippen MR) is 75.3 cm³/mol. The number of nitrogens with zero attached hydrogens (tertiary/aromatic N) is 2. The number of hydrogen-bond donors (Lipinski definition) is 1. The molecule has 114 valence electrons. The molecule has 0 aromatic rings. The van der Waals surface area contributed by atoms with E-state index in [1.807, 2.05) is 16.7 Å². The van der Waals surface area contributed by atoms with E-state index in [1.54, 1.807) is 6.92 Å². The molecule has 1 aliphatic heterocycles. The summed E-state index contributed by atoms with van der Waals surface area (Å²) in [6.07, 6.45) is 2.23. The Kier molecular flexibility index (Phi) is 5.37. The van der Waals surface area contributed by atoms with Crippen LogP contribution in [-0.4, -0.2) is 73.1 Å². The summed E-state index contributed by atoms with van der Waals surface area (Å²) in [6.45, 7) is 7.32. The van der Waals surface area contributed by atoms with E-state index in [9.17, 15) is 9.59 Å². The second-order valence-corrected chi connectivity index (χ2v) is 5.35. The highest BCUT2D eigenvalue weighted by Crippen LogP contribution is 2.26. The first-order valence-corrected chi connectivity index (χ1v) is 7.58. The first kappa shape index (κ1) is 15.3. The van der Waals surface area contributed by atoms with Crippen molar-refractivity contribution in [3.63, 3.8) is 0 Å². The van der Waals surface area contributed by atoms with Gasteiger partial charge in [-0.05, 0) is 26.7 Å². The second-order valence-electron chi connectivity index (χ2n) is 5.35. The number of rotatable bonds is 6. The fraction of sp³-hybridized carbons (Fsp3) is 0.857. The van der Waals surface area contributed by atoms with Gasteiger partial charge in [-0.2, -0.15) is 0 Å². The van der Waals surface area contributed by atoms with Crippen LogP contribution in [0.3, 0.4) is 0 Å². The SMILES string of the molecule is CCOC(=O)C1CNCCN1CC(=O)N(CC)C1CC1. The number of carbonyl (C=O) groups excluding carboxylic acids is 2. The number of amides is 1. The van der Waals surface area contributed by atoms with Crippen LogP contribution >= 0.6 is 0 Å². The molecular weight excluding hydrogens is 258 g/mol. The van der Waals surface area contributed by atoms with E-state index in [4.69, 9.17) is 4.74 Å². The minimum Gasteiger partial charge on any atom is -0.465 e. The molecule has 1 saturated heterocycles. The molecule has 2 aliphatic rings. The third-order valence-electron chi connectivity index (χ3n) is 3.90. The van der Waals surface area contributed by atoms with Crippen molar-refractivity contribution in [3.05, 3.63) is 0 Å². The lowest BCUT2D eigenvalue weighted by Gasteiger charge is -2.35. The number of carbonyl (C=O) groups is 2. The van der Waals surface area contributed by atoms with Crippen molar-refractivity contribution in [2.24, 2.45) is 0 Å². The van der Waals surface area contributed by atoms with Crippen molar-refractivity contribution < 1.29 is 14.3 Å². The predicted octanol–water partition coefficient (Wildman–Crippen LogP) is -0.166. The van der Waals surface area contributed by atoms with Gasteiger partial charge >= 0.3 is 5.97 Å². The Labute approximate surface area is 120 Å². The van der Waals surface area contributed by atoms with Crippen LogP contribution in [0.5, 0.6) is 0 Å². The Morgan fingerprint density at radius 3 is 2.70 bits per heavy atom. The molecule has 1 amide bonds. The van der Waals surface area contributed by atoms with E-state index in [1.165, 1.54) is 0 Å². The van der Waals surface area contributed by atoms with Gasteiger partial charge in [-0.1, -0.05) is 0 Å². The molecule has 20 heavy (non-hydrogen) atoms. The summed E-state index contributed by atoms with van der Waals surface area (Å²) in [5.74, 6) is -0.104. The van der Waals surface area contributed by atoms with Gasteiger partial charge in [0.25, 0.3) is 0 Å². The first-order chi connectivity index (χ1) is 9.67. The van der Waals surface area contributed by atoms with Crippen molar-refractivity contribution in [2.75, 3.05) is 39.3 Å². The summed E-state index contributed by atoms with van der Waals surface area (Å²) in [5.41, 5.74) is 0. The number of esters is 1. The van der Waals surface area contributed by atoms with Crippen LogP contribution in [0.2, 0.25) is 0 Å². The van der Waals surface area contributed by atoms with Crippen LogP contribution in [-0.2, 0) is 14.3 Å². The summed E-state index contributed by atoms with van der Waals surface area (Å²) in [7, 11) is 0. The topological polar surface area (TPSA) is 61.9 Å². The number of likely N-dealkylation sites (N-methyl/N-ethyl adjacent to an activating group) is 1. The van der Waals surface area contributed by atoms with Gasteiger partial charge in [0, 0.05) is 32.2 Å². The highest BCUT2D eigenvalue weighted by atomic mass is 16.5. The maximum absolute atomic E-state index is 12.4. The normalized spacial score (nSPS) is 23.4. The summed E-state index contributed by atoms with van der Waals surface area (Å²) in [4.78, 5) is 28.2. The lowest BCUT2D eigenvalue weighted by atomic mass is 10.2. The fourth-order valence-electron chi connectivity index (χ4n) is 2.70. The molecule has 1 saturated carbocycles. The molecule has 0 aromatic carbocycles. The zero-order valence-electron chi connectivity index (χ0n) is 12.4. The van der Waals surface area contributed by atoms with Crippen molar-refractivity contribution >= 4 is 11.9 Å². The Morgan fingerprint density at radius 1 is 1.35 bits per heavy atom. The molecule has 0 spiro atoms. The highest BCUT2D eigenvalue weighted by Gasteiger charge is 2.35. The molecule has 2 rings (SSSR count). The number of nitrogens with one attached hydrogen (secondary N) is 1. The highest BCUT2D eigenvalue weighted by molar-refractivity contribution is 5.81. The van der Waals surface area contributed by atoms with Gasteiger partial charge in [0.15, 0.2) is 0 Å². The second kappa shape index (κ2) is 7.04. The Hall–Kier alpha value is -1.14. The largest absolute Gasteiger partial charge is 0.465 e. The maximum Gasteiger partial charge on any atom is 0.324 e. The zero-order valence-corrected chi connectivity index (χ0v) is 12.4. The Bertz CT molecular complexity index is 358. The van der Waals surface area contributed by atoms with E-state index < -0.39 is 0 Å². The third-order valence-corrected chi connectivity index (χ3v) is 3.90. The van der Waals surface area contributed by atoms with Crippen LogP contribution in [0.4, 0.5) is 0 Å². The summed E-state index contributed by atoms with van der Waals surface area (Å²) < 4.78 is 5.09. The van der Waals surface area contributed by atoms with E-state index in [0.29, 0.717) is 32.3 Å². The molecule has 0 bridgehead atoms. The van der Waals surface area contributed by atoms with Gasteiger partial charge in [0.1, 0.15) is 6.04 Å². The number of hydrogen-bond acceptors (Lipinski definition) is 5. The average molecular weight is 283 g/mol. The zero-order chi connectivity index (χ0) is 14.5. The summed E-state index contributed by atoms with van der Waals surface area (Å²) >= 11 is 0. The molecule has 0 radical (unpaired) electrons. The van der Waals surface area contributed by atoms with E-state index >= 15 is 0 Å². The first-order valence-electron chi connectivity index (χ1n) is 7.58. The van der Waals surface area contributed by atoms with Crippen molar-refractivity contribution in [1.29, 1.82) is 0 Å². The Balaban J connectivity index is 1.93. The third kappa shape index (κ3) is 3.70. The monoisotopic (exact) mass is 283 g/mol. The molecule has 1 heterocycles. The van der Waals surface area contributed by atoms with Crippen LogP contribution < -0.4 is 5.32 Å². The molecule has 2 fully saturated rings. The Morgan fingerprint density at radius 2 is 2.10 bits per heavy atom. The van der Waals surface area contributed by atoms with Crippen molar-refractivity contribution in [3.8, 4) is 0 Å². The lowest BCUT2D eigenvalue weighted by Crippen LogP contribution is -2.58. The lowest BCUT2D eigenvalue weighted by molar-refractivity contribution is -0.151. The maximum atomic E-state index is 12.4. The molecular formula is C14H25N3O3. The fourth-order valence-corrected chi connectivity index (χ4v) is 2.70. The molecule has 6 nitrogen and oxygen atoms in total. The summed E-state index contributed by atoms with van der Waals surface area (Å²) in [5, 5.41) is 3.19. The van der Waals surface area contributed by atoms with Gasteiger partial charge in [0.2, 0.25) is 5.91 Å². The molecule has 1 N–H and O–H groups in total. The van der Waals surface area contributed by atoms with Gasteiger partial charge < -0.3 is 15.0 Å². The van der Waals surface area contributed by atoms with Crippen LogP contribution in [0.1, 0.15) is 26.7 Å². The van der Waals surface area contributed by atoms with Gasteiger partial charge in [-0.15, -0.1) is 0 Å². The van der Waals surface area contributed by atoms with Gasteiger partial charge in [0.05, 0.1) is 13.2 Å². The van der Waals surface area contributed by atoms with Crippen LogP contribution in [0.25, 0.3) is 0 Å². The number of piperazine rings is 1. The van der Waals surface area contributed by atoms with Gasteiger partial charge in [-0.25, -0.2) is 0 Å². The number of ether oxygens (including phenoxy) is 1. The minimum absolute atomic E-state index is 0.131. The van der Waals surface area contributed by atoms with E-state index in [-0.39, 0.29) is 17.9 Å². The van der Waals surface area contributed by atoms with E-state index in [0.717, 1.165) is 25.9 Å². The van der Waals surface area contributed by atoms with Crippen LogP contribution in [0, 0.1) is 0 Å². The van der Waals surface area contributed by atoms with E-state index in [2.05, 4.69) is 5.32 Å². The van der Waals surface area contributed by atoms with Gasteiger partial charge in [-0.3, -0.25) is 14.5 Å². The molecule has 1 aliphatic carbocycles. The molecule has 1 atom stereocenters.